The molecule has 3 aliphatic heterocycles. The molecule has 7 heteroatoms. The van der Waals surface area contributed by atoms with E-state index in [2.05, 4.69) is 38.1 Å². The fourth-order valence-corrected chi connectivity index (χ4v) is 4.84. The van der Waals surface area contributed by atoms with Crippen LogP contribution in [-0.2, 0) is 4.79 Å². The fraction of sp³-hybridized carbons (Fsp3) is 0.381. The highest BCUT2D eigenvalue weighted by atomic mass is 79.9. The van der Waals surface area contributed by atoms with Gasteiger partial charge in [0.2, 0.25) is 11.6 Å². The van der Waals surface area contributed by atoms with Crippen molar-refractivity contribution in [1.82, 2.24) is 14.9 Å². The number of hydrogen-bond acceptors (Lipinski definition) is 5. The van der Waals surface area contributed by atoms with Gasteiger partial charge in [0, 0.05) is 67.3 Å². The van der Waals surface area contributed by atoms with Crippen molar-refractivity contribution in [3.05, 3.63) is 58.3 Å². The summed E-state index contributed by atoms with van der Waals surface area (Å²) < 4.78 is 7.62. The molecule has 1 atom stereocenters. The molecule has 1 amide bonds. The summed E-state index contributed by atoms with van der Waals surface area (Å²) in [5.74, 6) is 1.04. The monoisotopic (exact) mass is 440 g/mol. The van der Waals surface area contributed by atoms with Crippen LogP contribution in [0.4, 0.5) is 0 Å². The van der Waals surface area contributed by atoms with Gasteiger partial charge in [-0.1, -0.05) is 22.0 Å². The molecule has 4 heterocycles. The molecule has 6 nitrogen and oxygen atoms in total. The number of fused-ring (bicyclic) bond motifs is 4. The zero-order valence-electron chi connectivity index (χ0n) is 15.6. The molecule has 1 fully saturated rings. The van der Waals surface area contributed by atoms with E-state index in [1.165, 1.54) is 0 Å². The molecule has 0 radical (unpaired) electrons. The molecule has 0 aliphatic carbocycles. The maximum Gasteiger partial charge on any atom is 0.219 e. The summed E-state index contributed by atoms with van der Waals surface area (Å²) >= 11 is 3.59. The Bertz CT molecular complexity index is 954. The number of aromatic nitrogens is 1. The van der Waals surface area contributed by atoms with Crippen molar-refractivity contribution in [2.45, 2.75) is 38.0 Å². The highest BCUT2D eigenvalue weighted by Crippen LogP contribution is 2.50. The van der Waals surface area contributed by atoms with Gasteiger partial charge in [0.15, 0.2) is 0 Å². The van der Waals surface area contributed by atoms with Crippen LogP contribution in [0.5, 0.6) is 5.75 Å². The Morgan fingerprint density at radius 2 is 2.11 bits per heavy atom. The third-order valence-electron chi connectivity index (χ3n) is 5.94. The number of halogens is 1. The molecule has 1 spiro atoms. The van der Waals surface area contributed by atoms with E-state index >= 15 is 0 Å². The summed E-state index contributed by atoms with van der Waals surface area (Å²) in [5.41, 5.74) is 2.71. The van der Waals surface area contributed by atoms with Crippen LogP contribution in [-0.4, -0.2) is 45.3 Å². The molecule has 2 aromatic rings. The molecule has 0 unspecified atom stereocenters. The number of amides is 1. The van der Waals surface area contributed by atoms with Crippen LogP contribution in [0.15, 0.2) is 52.3 Å². The van der Waals surface area contributed by atoms with Gasteiger partial charge in [0.1, 0.15) is 5.75 Å². The van der Waals surface area contributed by atoms with Gasteiger partial charge in [0.25, 0.3) is 0 Å². The molecule has 3 aliphatic rings. The van der Waals surface area contributed by atoms with Crippen molar-refractivity contribution in [3.63, 3.8) is 0 Å². The Balaban J connectivity index is 1.56. The van der Waals surface area contributed by atoms with E-state index in [-0.39, 0.29) is 11.9 Å². The summed E-state index contributed by atoms with van der Waals surface area (Å²) in [4.78, 5) is 18.0. The quantitative estimate of drug-likeness (QED) is 0.677. The average Bonchev–Trinajstić information content (AvgIpc) is 3.17. The summed E-state index contributed by atoms with van der Waals surface area (Å²) in [5, 5.41) is 7.18. The third kappa shape index (κ3) is 2.80. The Kier molecular flexibility index (Phi) is 4.16. The molecule has 1 aromatic carbocycles. The summed E-state index contributed by atoms with van der Waals surface area (Å²) in [7, 11) is 0. The Hall–Kier alpha value is -2.41. The number of hydrogen-bond donors (Lipinski definition) is 0. The minimum Gasteiger partial charge on any atom is -0.466 e. The van der Waals surface area contributed by atoms with Gasteiger partial charge in [-0.3, -0.25) is 9.78 Å². The van der Waals surface area contributed by atoms with Crippen LogP contribution in [0.2, 0.25) is 0 Å². The van der Waals surface area contributed by atoms with Crippen molar-refractivity contribution in [2.24, 2.45) is 5.10 Å². The third-order valence-corrected chi connectivity index (χ3v) is 6.44. The molecular formula is C21H21BrN4O2. The molecule has 0 bridgehead atoms. The topological polar surface area (TPSA) is 58.0 Å². The summed E-state index contributed by atoms with van der Waals surface area (Å²) in [6, 6.07) is 10.3. The average molecular weight is 441 g/mol. The minimum absolute atomic E-state index is 0.118. The molecule has 5 rings (SSSR count). The Morgan fingerprint density at radius 3 is 2.82 bits per heavy atom. The van der Waals surface area contributed by atoms with Gasteiger partial charge in [-0.15, -0.1) is 0 Å². The van der Waals surface area contributed by atoms with E-state index in [0.29, 0.717) is 13.1 Å². The number of carbonyl (C=O) groups excluding carboxylic acids is 1. The fourth-order valence-electron chi connectivity index (χ4n) is 4.46. The summed E-state index contributed by atoms with van der Waals surface area (Å²) in [6.45, 7) is 2.99. The first-order chi connectivity index (χ1) is 13.6. The second-order valence-electron chi connectivity index (χ2n) is 7.59. The number of benzene rings is 1. The van der Waals surface area contributed by atoms with Crippen molar-refractivity contribution in [3.8, 4) is 5.75 Å². The number of hydrazone groups is 1. The highest BCUT2D eigenvalue weighted by Gasteiger charge is 2.52. The Morgan fingerprint density at radius 1 is 1.29 bits per heavy atom. The number of ether oxygens (including phenoxy) is 1. The van der Waals surface area contributed by atoms with E-state index in [1.54, 1.807) is 13.1 Å². The second-order valence-corrected chi connectivity index (χ2v) is 8.51. The van der Waals surface area contributed by atoms with Crippen molar-refractivity contribution in [1.29, 1.82) is 0 Å². The lowest BCUT2D eigenvalue weighted by Crippen LogP contribution is -2.59. The van der Waals surface area contributed by atoms with Gasteiger partial charge in [0.05, 0.1) is 11.8 Å². The normalized spacial score (nSPS) is 22.4. The SMILES string of the molecule is CC(=O)N1CCC2(CC1)Oc1ccc(Br)cc1[C@@H]1CC(c3cccnc3)=NN12. The standard InChI is InChI=1S/C21H21BrN4O2/c1-14(27)25-9-6-21(7-10-25)26-19(17-11-16(22)4-5-20(17)28-21)12-18(24-26)15-3-2-8-23-13-15/h2-5,8,11,13,19H,6-7,9-10,12H2,1H3/t19-/m0/s1. The van der Waals surface area contributed by atoms with Crippen LogP contribution in [0.3, 0.4) is 0 Å². The van der Waals surface area contributed by atoms with Crippen molar-refractivity contribution < 1.29 is 9.53 Å². The lowest BCUT2D eigenvalue weighted by Gasteiger charge is -2.51. The minimum atomic E-state index is -0.512. The zero-order chi connectivity index (χ0) is 19.3. The van der Waals surface area contributed by atoms with Crippen molar-refractivity contribution >= 4 is 27.5 Å². The predicted octanol–water partition coefficient (Wildman–Crippen LogP) is 3.73. The second kappa shape index (κ2) is 6.58. The molecule has 28 heavy (non-hydrogen) atoms. The first-order valence-electron chi connectivity index (χ1n) is 9.57. The number of piperidine rings is 1. The number of nitrogens with zero attached hydrogens (tertiary/aromatic N) is 4. The maximum absolute atomic E-state index is 11.8. The van der Waals surface area contributed by atoms with Crippen LogP contribution < -0.4 is 4.74 Å². The number of carbonyl (C=O) groups is 1. The van der Waals surface area contributed by atoms with Gasteiger partial charge >= 0.3 is 0 Å². The van der Waals surface area contributed by atoms with E-state index in [1.807, 2.05) is 29.3 Å². The first kappa shape index (κ1) is 17.7. The van der Waals surface area contributed by atoms with Crippen LogP contribution in [0.25, 0.3) is 0 Å². The smallest absolute Gasteiger partial charge is 0.219 e. The number of pyridine rings is 1. The maximum atomic E-state index is 11.8. The van der Waals surface area contributed by atoms with Crippen LogP contribution >= 0.6 is 15.9 Å². The van der Waals surface area contributed by atoms with E-state index in [0.717, 1.165) is 46.3 Å². The van der Waals surface area contributed by atoms with E-state index < -0.39 is 5.72 Å². The lowest BCUT2D eigenvalue weighted by atomic mass is 9.91. The van der Waals surface area contributed by atoms with Gasteiger partial charge < -0.3 is 9.64 Å². The largest absolute Gasteiger partial charge is 0.466 e. The highest BCUT2D eigenvalue weighted by molar-refractivity contribution is 9.10. The predicted molar refractivity (Wildman–Crippen MR) is 109 cm³/mol. The number of likely N-dealkylation sites (tertiary alicyclic amines) is 1. The molecule has 1 saturated heterocycles. The van der Waals surface area contributed by atoms with Crippen LogP contribution in [0.1, 0.15) is 43.4 Å². The lowest BCUT2D eigenvalue weighted by molar-refractivity contribution is -0.158. The van der Waals surface area contributed by atoms with Gasteiger partial charge in [-0.25, -0.2) is 5.01 Å². The van der Waals surface area contributed by atoms with Crippen LogP contribution in [0, 0.1) is 0 Å². The molecule has 0 N–H and O–H groups in total. The Labute approximate surface area is 172 Å². The molecular weight excluding hydrogens is 420 g/mol. The molecule has 0 saturated carbocycles. The van der Waals surface area contributed by atoms with E-state index in [4.69, 9.17) is 9.84 Å². The van der Waals surface area contributed by atoms with Crippen molar-refractivity contribution in [2.75, 3.05) is 13.1 Å². The van der Waals surface area contributed by atoms with E-state index in [9.17, 15) is 4.79 Å². The zero-order valence-corrected chi connectivity index (χ0v) is 17.2. The van der Waals surface area contributed by atoms with Gasteiger partial charge in [-0.05, 0) is 24.3 Å². The molecule has 144 valence electrons. The molecule has 1 aromatic heterocycles. The van der Waals surface area contributed by atoms with Gasteiger partial charge in [-0.2, -0.15) is 5.10 Å². The number of rotatable bonds is 1. The summed E-state index contributed by atoms with van der Waals surface area (Å²) in [6.07, 6.45) is 5.94. The first-order valence-corrected chi connectivity index (χ1v) is 10.4.